The van der Waals surface area contributed by atoms with E-state index in [0.29, 0.717) is 17.1 Å². The molecule has 1 aliphatic heterocycles. The Morgan fingerprint density at radius 3 is 2.14 bits per heavy atom. The second-order valence-corrected chi connectivity index (χ2v) is 10.4. The van der Waals surface area contributed by atoms with E-state index in [4.69, 9.17) is 21.1 Å². The number of nitrogens with zero attached hydrogens (tertiary/aromatic N) is 1. The normalized spacial score (nSPS) is 17.2. The number of rotatable bonds is 6. The highest BCUT2D eigenvalue weighted by Crippen LogP contribution is 2.41. The number of hydrogen-bond donors (Lipinski definition) is 1. The first-order valence-electron chi connectivity index (χ1n) is 11.9. The number of methoxy groups -OCH3 is 2. The third-order valence-electron chi connectivity index (χ3n) is 6.57. The average Bonchev–Trinajstić information content (AvgIpc) is 3.13. The molecule has 0 saturated carbocycles. The number of carbonyl (C=O) groups is 2. The number of ketones is 1. The Balaban J connectivity index is 1.84. The van der Waals surface area contributed by atoms with E-state index < -0.39 is 17.7 Å². The van der Waals surface area contributed by atoms with Crippen molar-refractivity contribution in [2.75, 3.05) is 14.2 Å². The predicted molar refractivity (Wildman–Crippen MR) is 144 cm³/mol. The van der Waals surface area contributed by atoms with Gasteiger partial charge in [-0.2, -0.15) is 0 Å². The van der Waals surface area contributed by atoms with Gasteiger partial charge in [-0.1, -0.05) is 68.8 Å². The number of amides is 1. The molecule has 3 aromatic carbocycles. The Morgan fingerprint density at radius 1 is 0.946 bits per heavy atom. The first-order valence-corrected chi connectivity index (χ1v) is 12.3. The van der Waals surface area contributed by atoms with Crippen LogP contribution >= 0.6 is 11.6 Å². The molecule has 1 amide bonds. The molecule has 0 bridgehead atoms. The first-order chi connectivity index (χ1) is 17.5. The van der Waals surface area contributed by atoms with Gasteiger partial charge in [0.25, 0.3) is 11.7 Å². The largest absolute Gasteiger partial charge is 0.507 e. The number of hydrogen-bond acceptors (Lipinski definition) is 5. The fourth-order valence-corrected chi connectivity index (χ4v) is 4.71. The molecule has 1 aliphatic rings. The summed E-state index contributed by atoms with van der Waals surface area (Å²) in [6.07, 6.45) is 0. The van der Waals surface area contributed by atoms with Gasteiger partial charge in [0.1, 0.15) is 17.3 Å². The maximum absolute atomic E-state index is 13.4. The molecule has 0 radical (unpaired) electrons. The molecule has 0 spiro atoms. The smallest absolute Gasteiger partial charge is 0.295 e. The van der Waals surface area contributed by atoms with Crippen LogP contribution in [-0.2, 0) is 21.5 Å². The molecule has 192 valence electrons. The number of ether oxygens (including phenoxy) is 2. The summed E-state index contributed by atoms with van der Waals surface area (Å²) in [7, 11) is 3.08. The molecule has 3 aromatic rings. The summed E-state index contributed by atoms with van der Waals surface area (Å²) in [6.45, 7) is 6.53. The van der Waals surface area contributed by atoms with Gasteiger partial charge in [0, 0.05) is 12.1 Å². The summed E-state index contributed by atoms with van der Waals surface area (Å²) in [5.41, 5.74) is 2.94. The third-order valence-corrected chi connectivity index (χ3v) is 6.86. The number of likely N-dealkylation sites (tertiary alicyclic amines) is 1. The van der Waals surface area contributed by atoms with Gasteiger partial charge in [-0.05, 0) is 52.4 Å². The zero-order valence-corrected chi connectivity index (χ0v) is 22.3. The van der Waals surface area contributed by atoms with Gasteiger partial charge in [-0.3, -0.25) is 9.59 Å². The first kappa shape index (κ1) is 26.3. The van der Waals surface area contributed by atoms with Crippen molar-refractivity contribution in [1.82, 2.24) is 4.90 Å². The quantitative estimate of drug-likeness (QED) is 0.236. The van der Waals surface area contributed by atoms with E-state index in [0.717, 1.165) is 16.7 Å². The molecule has 1 atom stereocenters. The van der Waals surface area contributed by atoms with Crippen molar-refractivity contribution in [3.8, 4) is 11.5 Å². The number of benzene rings is 3. The van der Waals surface area contributed by atoms with E-state index in [1.165, 1.54) is 18.1 Å². The van der Waals surface area contributed by atoms with Crippen molar-refractivity contribution in [3.05, 3.63) is 99.6 Å². The van der Waals surface area contributed by atoms with Crippen LogP contribution in [0.4, 0.5) is 0 Å². The molecule has 6 nitrogen and oxygen atoms in total. The Hall–Kier alpha value is -3.77. The lowest BCUT2D eigenvalue weighted by atomic mass is 9.85. The summed E-state index contributed by atoms with van der Waals surface area (Å²) in [4.78, 5) is 28.2. The van der Waals surface area contributed by atoms with Crippen molar-refractivity contribution in [2.45, 2.75) is 38.8 Å². The highest BCUT2D eigenvalue weighted by Gasteiger charge is 2.46. The topological polar surface area (TPSA) is 76.1 Å². The minimum absolute atomic E-state index is 0.0169. The molecule has 37 heavy (non-hydrogen) atoms. The Bertz CT molecular complexity index is 1350. The second kappa shape index (κ2) is 10.3. The van der Waals surface area contributed by atoms with Crippen LogP contribution < -0.4 is 9.47 Å². The van der Waals surface area contributed by atoms with Crippen LogP contribution in [0.3, 0.4) is 0 Å². The fourth-order valence-electron chi connectivity index (χ4n) is 4.45. The summed E-state index contributed by atoms with van der Waals surface area (Å²) < 4.78 is 10.4. The van der Waals surface area contributed by atoms with Gasteiger partial charge < -0.3 is 19.5 Å². The summed E-state index contributed by atoms with van der Waals surface area (Å²) >= 11 is 6.29. The van der Waals surface area contributed by atoms with Gasteiger partial charge in [-0.25, -0.2) is 0 Å². The van der Waals surface area contributed by atoms with Crippen LogP contribution in [0.5, 0.6) is 11.5 Å². The van der Waals surface area contributed by atoms with Gasteiger partial charge in [0.2, 0.25) is 0 Å². The lowest BCUT2D eigenvalue weighted by Gasteiger charge is -2.26. The van der Waals surface area contributed by atoms with Crippen molar-refractivity contribution in [2.24, 2.45) is 0 Å². The summed E-state index contributed by atoms with van der Waals surface area (Å²) in [5, 5.41) is 11.6. The Labute approximate surface area is 222 Å². The van der Waals surface area contributed by atoms with E-state index in [1.807, 2.05) is 36.4 Å². The van der Waals surface area contributed by atoms with Crippen LogP contribution in [0.15, 0.2) is 72.3 Å². The Morgan fingerprint density at radius 2 is 1.59 bits per heavy atom. The van der Waals surface area contributed by atoms with Crippen LogP contribution in [0.25, 0.3) is 5.76 Å². The Kier molecular flexibility index (Phi) is 7.32. The number of halogens is 1. The molecular formula is C30H30ClNO5. The molecule has 4 rings (SSSR count). The van der Waals surface area contributed by atoms with Crippen molar-refractivity contribution in [3.63, 3.8) is 0 Å². The van der Waals surface area contributed by atoms with Crippen LogP contribution in [0, 0.1) is 0 Å². The minimum Gasteiger partial charge on any atom is -0.507 e. The van der Waals surface area contributed by atoms with E-state index in [9.17, 15) is 14.7 Å². The molecule has 7 heteroatoms. The van der Waals surface area contributed by atoms with E-state index in [2.05, 4.69) is 20.8 Å². The summed E-state index contributed by atoms with van der Waals surface area (Å²) in [6, 6.07) is 19.1. The van der Waals surface area contributed by atoms with E-state index in [1.54, 1.807) is 31.4 Å². The van der Waals surface area contributed by atoms with Crippen LogP contribution in [-0.4, -0.2) is 35.9 Å². The number of aliphatic hydroxyl groups excluding tert-OH is 1. The number of aliphatic hydroxyl groups is 1. The lowest BCUT2D eigenvalue weighted by Crippen LogP contribution is -2.29. The average molecular weight is 520 g/mol. The maximum Gasteiger partial charge on any atom is 0.295 e. The highest BCUT2D eigenvalue weighted by molar-refractivity contribution is 6.46. The molecule has 1 unspecified atom stereocenters. The molecule has 0 aliphatic carbocycles. The van der Waals surface area contributed by atoms with Crippen molar-refractivity contribution in [1.29, 1.82) is 0 Å². The molecule has 1 N–H and O–H groups in total. The monoisotopic (exact) mass is 519 g/mol. The van der Waals surface area contributed by atoms with Gasteiger partial charge in [0.05, 0.1) is 30.9 Å². The van der Waals surface area contributed by atoms with Gasteiger partial charge in [-0.15, -0.1) is 0 Å². The standard InChI is InChI=1S/C30H30ClNO5/c1-30(2,3)21-11-8-19(9-12-21)26-25(27(33)20-10-15-24(37-5)23(31)16-20)28(34)29(35)32(26)17-18-6-13-22(36-4)14-7-18/h6-16,26,33H,17H2,1-5H3/b27-25-. The van der Waals surface area contributed by atoms with E-state index in [-0.39, 0.29) is 28.3 Å². The molecule has 1 saturated heterocycles. The summed E-state index contributed by atoms with van der Waals surface area (Å²) in [5.74, 6) is -0.584. The number of Topliss-reactive ketones (excluding diaryl/α,β-unsaturated/α-hetero) is 1. The highest BCUT2D eigenvalue weighted by atomic mass is 35.5. The molecule has 0 aromatic heterocycles. The second-order valence-electron chi connectivity index (χ2n) is 10.00. The van der Waals surface area contributed by atoms with Gasteiger partial charge >= 0.3 is 0 Å². The fraction of sp³-hybridized carbons (Fsp3) is 0.267. The minimum atomic E-state index is -0.781. The zero-order chi connectivity index (χ0) is 26.9. The molecule has 1 fully saturated rings. The lowest BCUT2D eigenvalue weighted by molar-refractivity contribution is -0.140. The maximum atomic E-state index is 13.4. The molecular weight excluding hydrogens is 490 g/mol. The third kappa shape index (κ3) is 5.20. The van der Waals surface area contributed by atoms with Crippen LogP contribution in [0.1, 0.15) is 49.1 Å². The zero-order valence-electron chi connectivity index (χ0n) is 21.5. The van der Waals surface area contributed by atoms with E-state index >= 15 is 0 Å². The predicted octanol–water partition coefficient (Wildman–Crippen LogP) is 6.28. The number of carbonyl (C=O) groups excluding carboxylic acids is 2. The van der Waals surface area contributed by atoms with Crippen molar-refractivity contribution < 1.29 is 24.2 Å². The van der Waals surface area contributed by atoms with Gasteiger partial charge in [0.15, 0.2) is 0 Å². The SMILES string of the molecule is COc1ccc(CN2C(=O)C(=O)/C(=C(\O)c3ccc(OC)c(Cl)c3)C2c2ccc(C(C)(C)C)cc2)cc1. The van der Waals surface area contributed by atoms with Crippen LogP contribution in [0.2, 0.25) is 5.02 Å². The van der Waals surface area contributed by atoms with Crippen molar-refractivity contribution >= 4 is 29.1 Å². The molecule has 1 heterocycles.